The molecule has 2 nitrogen and oxygen atoms in total. The van der Waals surface area contributed by atoms with Crippen molar-refractivity contribution < 1.29 is 22.4 Å². The molecule has 1 saturated heterocycles. The molecule has 0 saturated carbocycles. The molecule has 1 heterocycles. The number of carbonyl (C=O) groups excluding carboxylic acids is 1. The third-order valence-electron chi connectivity index (χ3n) is 3.40. The molecule has 20 heavy (non-hydrogen) atoms. The molecule has 7 heteroatoms. The summed E-state index contributed by atoms with van der Waals surface area (Å²) in [6.45, 7) is 0.0157. The van der Waals surface area contributed by atoms with Crippen LogP contribution in [0.15, 0.2) is 18.2 Å². The first-order valence-corrected chi connectivity index (χ1v) is 7.18. The van der Waals surface area contributed by atoms with E-state index in [1.165, 1.54) is 23.1 Å². The Balaban J connectivity index is 2.07. The molecule has 0 bridgehead atoms. The van der Waals surface area contributed by atoms with E-state index in [1.54, 1.807) is 0 Å². The third kappa shape index (κ3) is 3.42. The topological polar surface area (TPSA) is 20.3 Å². The molecule has 0 radical (unpaired) electrons. The van der Waals surface area contributed by atoms with Crippen LogP contribution in [0.2, 0.25) is 0 Å². The van der Waals surface area contributed by atoms with Crippen LogP contribution in [-0.2, 0) is 0 Å². The minimum absolute atomic E-state index is 0.00786. The zero-order chi connectivity index (χ0) is 14.9. The highest BCUT2D eigenvalue weighted by molar-refractivity contribution is 14.1. The quantitative estimate of drug-likeness (QED) is 0.518. The fourth-order valence-electron chi connectivity index (χ4n) is 2.24. The van der Waals surface area contributed by atoms with Gasteiger partial charge in [0, 0.05) is 16.7 Å². The van der Waals surface area contributed by atoms with Crippen molar-refractivity contribution in [1.82, 2.24) is 4.90 Å². The molecule has 1 fully saturated rings. The Hall–Kier alpha value is -0.860. The number of likely N-dealkylation sites (tertiary alicyclic amines) is 1. The number of halogens is 5. The third-order valence-corrected chi connectivity index (χ3v) is 4.07. The molecule has 0 aliphatic carbocycles. The van der Waals surface area contributed by atoms with Gasteiger partial charge in [0.2, 0.25) is 0 Å². The van der Waals surface area contributed by atoms with Gasteiger partial charge >= 0.3 is 6.18 Å². The van der Waals surface area contributed by atoms with Crippen LogP contribution < -0.4 is 0 Å². The maximum atomic E-state index is 13.6. The van der Waals surface area contributed by atoms with Crippen molar-refractivity contribution in [2.45, 2.75) is 19.0 Å². The number of nitrogens with zero attached hydrogens (tertiary/aromatic N) is 1. The van der Waals surface area contributed by atoms with E-state index in [1.807, 2.05) is 22.6 Å². The first-order chi connectivity index (χ1) is 9.29. The summed E-state index contributed by atoms with van der Waals surface area (Å²) in [5, 5.41) is 0. The highest BCUT2D eigenvalue weighted by Gasteiger charge is 2.41. The summed E-state index contributed by atoms with van der Waals surface area (Å²) in [5.74, 6) is -2.55. The zero-order valence-electron chi connectivity index (χ0n) is 10.4. The lowest BCUT2D eigenvalue weighted by Crippen LogP contribution is -2.42. The fourth-order valence-corrected chi connectivity index (χ4v) is 2.73. The number of hydrogen-bond donors (Lipinski definition) is 0. The maximum absolute atomic E-state index is 13.6. The van der Waals surface area contributed by atoms with Crippen LogP contribution in [0, 0.1) is 15.3 Å². The van der Waals surface area contributed by atoms with Gasteiger partial charge in [-0.1, -0.05) is 0 Å². The Morgan fingerprint density at radius 1 is 1.25 bits per heavy atom. The van der Waals surface area contributed by atoms with E-state index in [0.29, 0.717) is 3.57 Å². The SMILES string of the molecule is O=C(c1cc(I)ccc1F)N1CCC(C(F)(F)F)CC1. The van der Waals surface area contributed by atoms with Crippen LogP contribution in [0.3, 0.4) is 0 Å². The van der Waals surface area contributed by atoms with E-state index in [-0.39, 0.29) is 31.5 Å². The van der Waals surface area contributed by atoms with Gasteiger partial charge in [0.15, 0.2) is 0 Å². The van der Waals surface area contributed by atoms with Gasteiger partial charge in [0.25, 0.3) is 5.91 Å². The summed E-state index contributed by atoms with van der Waals surface area (Å²) in [4.78, 5) is 13.4. The second kappa shape index (κ2) is 5.87. The monoisotopic (exact) mass is 401 g/mol. The van der Waals surface area contributed by atoms with Crippen molar-refractivity contribution in [2.75, 3.05) is 13.1 Å². The molecule has 0 atom stereocenters. The Labute approximate surface area is 127 Å². The van der Waals surface area contributed by atoms with Gasteiger partial charge in [-0.2, -0.15) is 13.2 Å². The van der Waals surface area contributed by atoms with Crippen LogP contribution in [0.4, 0.5) is 17.6 Å². The number of amides is 1. The molecule has 1 aromatic carbocycles. The zero-order valence-corrected chi connectivity index (χ0v) is 12.5. The van der Waals surface area contributed by atoms with Gasteiger partial charge in [-0.25, -0.2) is 4.39 Å². The smallest absolute Gasteiger partial charge is 0.339 e. The number of piperidine rings is 1. The Morgan fingerprint density at radius 3 is 2.40 bits per heavy atom. The molecule has 0 aromatic heterocycles. The standard InChI is InChI=1S/C13H12F4INO/c14-11-2-1-9(18)7-10(11)12(20)19-5-3-8(4-6-19)13(15,16)17/h1-2,7-8H,3-6H2. The van der Waals surface area contributed by atoms with Crippen molar-refractivity contribution in [3.8, 4) is 0 Å². The molecule has 0 unspecified atom stereocenters. The molecular formula is C13H12F4INO. The summed E-state index contributed by atoms with van der Waals surface area (Å²) >= 11 is 1.95. The lowest BCUT2D eigenvalue weighted by Gasteiger charge is -2.33. The lowest BCUT2D eigenvalue weighted by atomic mass is 9.96. The van der Waals surface area contributed by atoms with Crippen molar-refractivity contribution >= 4 is 28.5 Å². The largest absolute Gasteiger partial charge is 0.391 e. The average Bonchev–Trinajstić information content (AvgIpc) is 2.40. The predicted octanol–water partition coefficient (Wildman–Crippen LogP) is 3.84. The molecule has 1 aliphatic rings. The van der Waals surface area contributed by atoms with Crippen molar-refractivity contribution in [2.24, 2.45) is 5.92 Å². The van der Waals surface area contributed by atoms with Crippen LogP contribution >= 0.6 is 22.6 Å². The minimum Gasteiger partial charge on any atom is -0.339 e. The molecule has 1 amide bonds. The van der Waals surface area contributed by atoms with Gasteiger partial charge in [-0.3, -0.25) is 4.79 Å². The molecule has 2 rings (SSSR count). The number of carbonyl (C=O) groups is 1. The number of rotatable bonds is 1. The number of alkyl halides is 3. The molecule has 110 valence electrons. The fraction of sp³-hybridized carbons (Fsp3) is 0.462. The highest BCUT2D eigenvalue weighted by atomic mass is 127. The Morgan fingerprint density at radius 2 is 1.85 bits per heavy atom. The van der Waals surface area contributed by atoms with Gasteiger partial charge in [0.1, 0.15) is 5.82 Å². The molecule has 1 aliphatic heterocycles. The number of benzene rings is 1. The van der Waals surface area contributed by atoms with Crippen LogP contribution in [0.1, 0.15) is 23.2 Å². The average molecular weight is 401 g/mol. The predicted molar refractivity (Wildman–Crippen MR) is 73.8 cm³/mol. The molecular weight excluding hydrogens is 389 g/mol. The van der Waals surface area contributed by atoms with Gasteiger partial charge < -0.3 is 4.90 Å². The second-order valence-corrected chi connectivity index (χ2v) is 5.98. The summed E-state index contributed by atoms with van der Waals surface area (Å²) in [5.41, 5.74) is -0.0811. The lowest BCUT2D eigenvalue weighted by molar-refractivity contribution is -0.183. The maximum Gasteiger partial charge on any atom is 0.391 e. The first kappa shape index (κ1) is 15.5. The molecule has 0 N–H and O–H groups in total. The van der Waals surface area contributed by atoms with E-state index in [9.17, 15) is 22.4 Å². The Kier molecular flexibility index (Phi) is 4.55. The van der Waals surface area contributed by atoms with Gasteiger partial charge in [-0.05, 0) is 53.6 Å². The van der Waals surface area contributed by atoms with E-state index < -0.39 is 23.8 Å². The molecule has 0 spiro atoms. The summed E-state index contributed by atoms with van der Waals surface area (Å²) in [6, 6.07) is 4.13. The summed E-state index contributed by atoms with van der Waals surface area (Å²) in [6.07, 6.45) is -4.47. The summed E-state index contributed by atoms with van der Waals surface area (Å²) < 4.78 is 52.0. The van der Waals surface area contributed by atoms with E-state index >= 15 is 0 Å². The van der Waals surface area contributed by atoms with Crippen LogP contribution in [0.25, 0.3) is 0 Å². The number of hydrogen-bond acceptors (Lipinski definition) is 1. The highest BCUT2D eigenvalue weighted by Crippen LogP contribution is 2.34. The summed E-state index contributed by atoms with van der Waals surface area (Å²) in [7, 11) is 0. The first-order valence-electron chi connectivity index (χ1n) is 6.10. The van der Waals surface area contributed by atoms with Crippen molar-refractivity contribution in [1.29, 1.82) is 0 Å². The second-order valence-electron chi connectivity index (χ2n) is 4.73. The van der Waals surface area contributed by atoms with E-state index in [4.69, 9.17) is 0 Å². The van der Waals surface area contributed by atoms with Gasteiger partial charge in [0.05, 0.1) is 11.5 Å². The normalized spacial score (nSPS) is 17.4. The van der Waals surface area contributed by atoms with E-state index in [0.717, 1.165) is 0 Å². The molecule has 1 aromatic rings. The van der Waals surface area contributed by atoms with E-state index in [2.05, 4.69) is 0 Å². The van der Waals surface area contributed by atoms with Crippen LogP contribution in [-0.4, -0.2) is 30.1 Å². The van der Waals surface area contributed by atoms with Crippen molar-refractivity contribution in [3.63, 3.8) is 0 Å². The van der Waals surface area contributed by atoms with Crippen LogP contribution in [0.5, 0.6) is 0 Å². The van der Waals surface area contributed by atoms with Crippen molar-refractivity contribution in [3.05, 3.63) is 33.1 Å². The Bertz CT molecular complexity index is 510. The van der Waals surface area contributed by atoms with Gasteiger partial charge in [-0.15, -0.1) is 0 Å². The minimum atomic E-state index is -4.22.